The molecule has 0 bridgehead atoms. The molecule has 0 spiro atoms. The van der Waals surface area contributed by atoms with Crippen molar-refractivity contribution in [2.45, 2.75) is 0 Å². The summed E-state index contributed by atoms with van der Waals surface area (Å²) in [6.45, 7) is 0. The van der Waals surface area contributed by atoms with E-state index in [2.05, 4.69) is 36.8 Å². The van der Waals surface area contributed by atoms with Gasteiger partial charge in [0.05, 0.1) is 12.8 Å². The van der Waals surface area contributed by atoms with Crippen LogP contribution in [0.3, 0.4) is 0 Å². The summed E-state index contributed by atoms with van der Waals surface area (Å²) in [6, 6.07) is 15.4. The highest BCUT2D eigenvalue weighted by molar-refractivity contribution is 9.10. The molecular weight excluding hydrogens is 358 g/mol. The van der Waals surface area contributed by atoms with E-state index in [1.54, 1.807) is 18.0 Å². The third-order valence-electron chi connectivity index (χ3n) is 3.14. The molecule has 0 fully saturated rings. The van der Waals surface area contributed by atoms with E-state index in [4.69, 9.17) is 4.74 Å². The monoisotopic (exact) mass is 371 g/mol. The predicted octanol–water partition coefficient (Wildman–Crippen LogP) is 3.52. The highest BCUT2D eigenvalue weighted by atomic mass is 79.9. The molecule has 23 heavy (non-hydrogen) atoms. The van der Waals surface area contributed by atoms with Gasteiger partial charge in [-0.25, -0.2) is 0 Å². The number of rotatable bonds is 5. The summed E-state index contributed by atoms with van der Waals surface area (Å²) >= 11 is 3.41. The lowest BCUT2D eigenvalue weighted by Gasteiger charge is -2.04. The maximum atomic E-state index is 5.15. The van der Waals surface area contributed by atoms with Gasteiger partial charge in [0.25, 0.3) is 0 Å². The number of methoxy groups -OCH3 is 1. The van der Waals surface area contributed by atoms with E-state index in [-0.39, 0.29) is 0 Å². The molecular formula is C16H14BrN5O. The van der Waals surface area contributed by atoms with Crippen LogP contribution in [0.2, 0.25) is 0 Å². The lowest BCUT2D eigenvalue weighted by molar-refractivity contribution is 0.414. The van der Waals surface area contributed by atoms with Crippen molar-refractivity contribution in [1.29, 1.82) is 0 Å². The van der Waals surface area contributed by atoms with E-state index in [0.29, 0.717) is 5.82 Å². The fraction of sp³-hybridized carbons (Fsp3) is 0.0625. The summed E-state index contributed by atoms with van der Waals surface area (Å²) in [4.78, 5) is 0. The molecule has 0 unspecified atom stereocenters. The van der Waals surface area contributed by atoms with Gasteiger partial charge in [-0.3, -0.25) is 0 Å². The van der Waals surface area contributed by atoms with Crippen LogP contribution in [0.4, 0.5) is 5.69 Å². The Kier molecular flexibility index (Phi) is 4.68. The highest BCUT2D eigenvalue weighted by Gasteiger charge is 2.05. The minimum Gasteiger partial charge on any atom is -0.497 e. The number of tetrazole rings is 1. The first kappa shape index (κ1) is 15.2. The normalized spacial score (nSPS) is 10.9. The molecule has 0 radical (unpaired) electrons. The van der Waals surface area contributed by atoms with Crippen LogP contribution in [0.5, 0.6) is 5.75 Å². The number of hydrogen-bond acceptors (Lipinski definition) is 5. The molecule has 0 atom stereocenters. The maximum Gasteiger partial charge on any atom is 0.181 e. The standard InChI is InChI=1S/C16H14BrN5O/c1-23-15-8-6-14(7-9-15)22-16(19-20-21-22)10-11-18-13-4-2-12(17)3-5-13/h2-11,18H,1H3. The average molecular weight is 372 g/mol. The molecule has 1 aromatic heterocycles. The van der Waals surface area contributed by atoms with E-state index >= 15 is 0 Å². The first-order chi connectivity index (χ1) is 11.3. The molecule has 3 rings (SSSR count). The van der Waals surface area contributed by atoms with E-state index < -0.39 is 0 Å². The SMILES string of the molecule is COc1ccc(-n2nnnc2C=CNc2ccc(Br)cc2)cc1. The van der Waals surface area contributed by atoms with Crippen molar-refractivity contribution < 1.29 is 4.74 Å². The number of nitrogens with one attached hydrogen (secondary N) is 1. The van der Waals surface area contributed by atoms with Gasteiger partial charge in [0, 0.05) is 22.4 Å². The summed E-state index contributed by atoms with van der Waals surface area (Å²) < 4.78 is 7.84. The zero-order valence-electron chi connectivity index (χ0n) is 12.3. The summed E-state index contributed by atoms with van der Waals surface area (Å²) in [5, 5.41) is 14.9. The number of hydrogen-bond donors (Lipinski definition) is 1. The zero-order valence-corrected chi connectivity index (χ0v) is 13.9. The van der Waals surface area contributed by atoms with Crippen molar-refractivity contribution in [2.24, 2.45) is 0 Å². The van der Waals surface area contributed by atoms with Gasteiger partial charge in [-0.05, 0) is 59.0 Å². The van der Waals surface area contributed by atoms with Crippen LogP contribution in [0.25, 0.3) is 11.8 Å². The molecule has 3 aromatic rings. The molecule has 0 amide bonds. The summed E-state index contributed by atoms with van der Waals surface area (Å²) in [7, 11) is 1.63. The Balaban J connectivity index is 1.75. The number of ether oxygens (including phenoxy) is 1. The Morgan fingerprint density at radius 2 is 1.83 bits per heavy atom. The van der Waals surface area contributed by atoms with Crippen LogP contribution in [0, 0.1) is 0 Å². The summed E-state index contributed by atoms with van der Waals surface area (Å²) in [5.74, 6) is 1.41. The van der Waals surface area contributed by atoms with Gasteiger partial charge in [0.15, 0.2) is 5.82 Å². The summed E-state index contributed by atoms with van der Waals surface area (Å²) in [6.07, 6.45) is 3.61. The Labute approximate surface area is 141 Å². The smallest absolute Gasteiger partial charge is 0.181 e. The van der Waals surface area contributed by atoms with Gasteiger partial charge in [0.2, 0.25) is 0 Å². The number of anilines is 1. The molecule has 0 saturated heterocycles. The third kappa shape index (κ3) is 3.75. The molecule has 6 nitrogen and oxygen atoms in total. The zero-order chi connectivity index (χ0) is 16.1. The number of nitrogens with zero attached hydrogens (tertiary/aromatic N) is 4. The quantitative estimate of drug-likeness (QED) is 0.743. The van der Waals surface area contributed by atoms with Crippen LogP contribution in [-0.2, 0) is 0 Å². The lowest BCUT2D eigenvalue weighted by Crippen LogP contribution is -2.00. The molecule has 1 N–H and O–H groups in total. The van der Waals surface area contributed by atoms with Gasteiger partial charge in [0.1, 0.15) is 5.75 Å². The maximum absolute atomic E-state index is 5.15. The first-order valence-corrected chi connectivity index (χ1v) is 7.67. The lowest BCUT2D eigenvalue weighted by atomic mass is 10.3. The fourth-order valence-corrected chi connectivity index (χ4v) is 2.23. The van der Waals surface area contributed by atoms with E-state index in [9.17, 15) is 0 Å². The van der Waals surface area contributed by atoms with Crippen LogP contribution in [-0.4, -0.2) is 27.3 Å². The molecule has 7 heteroatoms. The van der Waals surface area contributed by atoms with Gasteiger partial charge in [-0.1, -0.05) is 15.9 Å². The summed E-state index contributed by atoms with van der Waals surface area (Å²) in [5.41, 5.74) is 1.84. The van der Waals surface area contributed by atoms with Gasteiger partial charge in [-0.15, -0.1) is 5.10 Å². The van der Waals surface area contributed by atoms with Crippen LogP contribution in [0.15, 0.2) is 59.2 Å². The Morgan fingerprint density at radius 1 is 1.09 bits per heavy atom. The van der Waals surface area contributed by atoms with E-state index in [0.717, 1.165) is 21.6 Å². The van der Waals surface area contributed by atoms with Gasteiger partial charge < -0.3 is 10.1 Å². The van der Waals surface area contributed by atoms with E-state index in [1.165, 1.54) is 0 Å². The van der Waals surface area contributed by atoms with Crippen molar-refractivity contribution in [3.8, 4) is 11.4 Å². The topological polar surface area (TPSA) is 64.9 Å². The van der Waals surface area contributed by atoms with Crippen LogP contribution in [0.1, 0.15) is 5.82 Å². The molecule has 2 aromatic carbocycles. The van der Waals surface area contributed by atoms with Crippen LogP contribution < -0.4 is 10.1 Å². The third-order valence-corrected chi connectivity index (χ3v) is 3.67. The molecule has 116 valence electrons. The number of aromatic nitrogens is 4. The van der Waals surface area contributed by atoms with Crippen molar-refractivity contribution in [3.05, 3.63) is 65.0 Å². The van der Waals surface area contributed by atoms with Gasteiger partial charge in [-0.2, -0.15) is 4.68 Å². The second kappa shape index (κ2) is 7.06. The predicted molar refractivity (Wildman–Crippen MR) is 92.5 cm³/mol. The number of halogens is 1. The second-order valence-electron chi connectivity index (χ2n) is 4.63. The van der Waals surface area contributed by atoms with E-state index in [1.807, 2.05) is 54.6 Å². The van der Waals surface area contributed by atoms with Crippen molar-refractivity contribution in [1.82, 2.24) is 20.2 Å². The minimum atomic E-state index is 0.625. The van der Waals surface area contributed by atoms with Crippen molar-refractivity contribution in [2.75, 3.05) is 12.4 Å². The van der Waals surface area contributed by atoms with Crippen LogP contribution >= 0.6 is 15.9 Å². The number of benzene rings is 2. The second-order valence-corrected chi connectivity index (χ2v) is 5.55. The Hall–Kier alpha value is -2.67. The molecule has 0 saturated carbocycles. The largest absolute Gasteiger partial charge is 0.497 e. The molecule has 1 heterocycles. The Bertz CT molecular complexity index is 796. The fourth-order valence-electron chi connectivity index (χ4n) is 1.96. The molecule has 0 aliphatic heterocycles. The average Bonchev–Trinajstić information content (AvgIpc) is 3.05. The minimum absolute atomic E-state index is 0.625. The molecule has 0 aliphatic carbocycles. The highest BCUT2D eigenvalue weighted by Crippen LogP contribution is 2.16. The van der Waals surface area contributed by atoms with Crippen molar-refractivity contribution in [3.63, 3.8) is 0 Å². The molecule has 0 aliphatic rings. The van der Waals surface area contributed by atoms with Gasteiger partial charge >= 0.3 is 0 Å². The van der Waals surface area contributed by atoms with Crippen molar-refractivity contribution >= 4 is 27.7 Å². The Morgan fingerprint density at radius 3 is 2.52 bits per heavy atom. The first-order valence-electron chi connectivity index (χ1n) is 6.88.